The molecule has 1 aromatic rings. The van der Waals surface area contributed by atoms with E-state index in [4.69, 9.17) is 22.7 Å². The zero-order valence-corrected chi connectivity index (χ0v) is 12.5. The third kappa shape index (κ3) is 3.64. The second kappa shape index (κ2) is 5.43. The van der Waals surface area contributed by atoms with Crippen molar-refractivity contribution >= 4 is 23.0 Å². The van der Waals surface area contributed by atoms with Crippen LogP contribution in [0.3, 0.4) is 0 Å². The van der Waals surface area contributed by atoms with Gasteiger partial charge in [-0.15, -0.1) is 0 Å². The maximum Gasteiger partial charge on any atom is 0.136 e. The molecule has 0 spiro atoms. The molecule has 0 bridgehead atoms. The Morgan fingerprint density at radius 1 is 1.53 bits per heavy atom. The number of aryl methyl sites for hydroxylation is 1. The first kappa shape index (κ1) is 14.2. The predicted octanol–water partition coefficient (Wildman–Crippen LogP) is 2.39. The first-order valence-electron chi connectivity index (χ1n) is 6.55. The fourth-order valence-electron chi connectivity index (χ4n) is 2.41. The zero-order valence-electron chi connectivity index (χ0n) is 11.7. The molecule has 0 radical (unpaired) electrons. The standard InChI is InChI=1S/C14H21N3OS/c1-9-4-5-11(12(15)19)13(16-9)17-10-6-7-18-14(2,3)8-10/h4-5,10H,6-8H2,1-3H3,(H2,15,19)(H,16,17). The number of ether oxygens (including phenoxy) is 1. The summed E-state index contributed by atoms with van der Waals surface area (Å²) in [6.07, 6.45) is 1.91. The van der Waals surface area contributed by atoms with E-state index in [1.54, 1.807) is 0 Å². The number of rotatable bonds is 3. The molecule has 5 heteroatoms. The average Bonchev–Trinajstić information content (AvgIpc) is 2.27. The Bertz CT molecular complexity index is 488. The number of aromatic nitrogens is 1. The van der Waals surface area contributed by atoms with Crippen LogP contribution in [0, 0.1) is 6.92 Å². The van der Waals surface area contributed by atoms with Crippen molar-refractivity contribution in [3.05, 3.63) is 23.4 Å². The van der Waals surface area contributed by atoms with Crippen LogP contribution in [0.15, 0.2) is 12.1 Å². The van der Waals surface area contributed by atoms with E-state index in [0.717, 1.165) is 36.5 Å². The van der Waals surface area contributed by atoms with Crippen LogP contribution in [0.4, 0.5) is 5.82 Å². The van der Waals surface area contributed by atoms with Crippen LogP contribution in [-0.4, -0.2) is 28.2 Å². The lowest BCUT2D eigenvalue weighted by molar-refractivity contribution is -0.0553. The van der Waals surface area contributed by atoms with Gasteiger partial charge in [-0.2, -0.15) is 0 Å². The highest BCUT2D eigenvalue weighted by Gasteiger charge is 2.29. The highest BCUT2D eigenvalue weighted by Crippen LogP contribution is 2.27. The van der Waals surface area contributed by atoms with Gasteiger partial charge in [0.05, 0.1) is 11.2 Å². The summed E-state index contributed by atoms with van der Waals surface area (Å²) in [6, 6.07) is 4.19. The van der Waals surface area contributed by atoms with Gasteiger partial charge in [0.2, 0.25) is 0 Å². The van der Waals surface area contributed by atoms with Gasteiger partial charge < -0.3 is 15.8 Å². The molecule has 1 unspecified atom stereocenters. The predicted molar refractivity (Wildman–Crippen MR) is 81.5 cm³/mol. The Morgan fingerprint density at radius 2 is 2.26 bits per heavy atom. The number of hydrogen-bond donors (Lipinski definition) is 2. The summed E-state index contributed by atoms with van der Waals surface area (Å²) in [6.45, 7) is 6.94. The lowest BCUT2D eigenvalue weighted by Gasteiger charge is -2.36. The Hall–Kier alpha value is -1.20. The molecule has 1 fully saturated rings. The van der Waals surface area contributed by atoms with Gasteiger partial charge in [-0.1, -0.05) is 12.2 Å². The van der Waals surface area contributed by atoms with Gasteiger partial charge in [0.25, 0.3) is 0 Å². The molecule has 3 N–H and O–H groups in total. The molecule has 0 saturated carbocycles. The summed E-state index contributed by atoms with van der Waals surface area (Å²) in [5.74, 6) is 0.787. The Labute approximate surface area is 119 Å². The fraction of sp³-hybridized carbons (Fsp3) is 0.571. The van der Waals surface area contributed by atoms with Crippen molar-refractivity contribution in [3.63, 3.8) is 0 Å². The van der Waals surface area contributed by atoms with Gasteiger partial charge in [0.1, 0.15) is 10.8 Å². The van der Waals surface area contributed by atoms with Crippen LogP contribution < -0.4 is 11.1 Å². The third-order valence-corrected chi connectivity index (χ3v) is 3.56. The van der Waals surface area contributed by atoms with Gasteiger partial charge in [-0.05, 0) is 45.7 Å². The van der Waals surface area contributed by atoms with E-state index in [9.17, 15) is 0 Å². The van der Waals surface area contributed by atoms with Crippen molar-refractivity contribution in [2.24, 2.45) is 5.73 Å². The Morgan fingerprint density at radius 3 is 2.89 bits per heavy atom. The van der Waals surface area contributed by atoms with Crippen molar-refractivity contribution in [3.8, 4) is 0 Å². The normalized spacial score (nSPS) is 21.9. The number of nitrogens with two attached hydrogens (primary N) is 1. The van der Waals surface area contributed by atoms with E-state index < -0.39 is 0 Å². The molecule has 1 aliphatic heterocycles. The molecule has 0 aliphatic carbocycles. The molecule has 1 aliphatic rings. The Balaban J connectivity index is 2.18. The molecule has 104 valence electrons. The van der Waals surface area contributed by atoms with Crippen LogP contribution in [0.25, 0.3) is 0 Å². The maximum absolute atomic E-state index is 5.75. The summed E-state index contributed by atoms with van der Waals surface area (Å²) >= 11 is 5.08. The van der Waals surface area contributed by atoms with E-state index in [-0.39, 0.29) is 5.60 Å². The largest absolute Gasteiger partial charge is 0.389 e. The van der Waals surface area contributed by atoms with Crippen molar-refractivity contribution in [1.82, 2.24) is 4.98 Å². The summed E-state index contributed by atoms with van der Waals surface area (Å²) < 4.78 is 5.72. The average molecular weight is 279 g/mol. The van der Waals surface area contributed by atoms with Gasteiger partial charge in [0, 0.05) is 18.3 Å². The molecular weight excluding hydrogens is 258 g/mol. The fourth-order valence-corrected chi connectivity index (χ4v) is 2.58. The van der Waals surface area contributed by atoms with Crippen molar-refractivity contribution in [1.29, 1.82) is 0 Å². The number of nitrogens with one attached hydrogen (secondary N) is 1. The smallest absolute Gasteiger partial charge is 0.136 e. The van der Waals surface area contributed by atoms with Gasteiger partial charge in [-0.3, -0.25) is 0 Å². The van der Waals surface area contributed by atoms with Crippen LogP contribution in [0.5, 0.6) is 0 Å². The maximum atomic E-state index is 5.75. The molecule has 2 heterocycles. The molecule has 4 nitrogen and oxygen atoms in total. The van der Waals surface area contributed by atoms with Gasteiger partial charge in [0.15, 0.2) is 0 Å². The number of nitrogens with zero attached hydrogens (tertiary/aromatic N) is 1. The minimum absolute atomic E-state index is 0.0941. The first-order chi connectivity index (χ1) is 8.87. The minimum Gasteiger partial charge on any atom is -0.389 e. The molecule has 1 atom stereocenters. The third-order valence-electron chi connectivity index (χ3n) is 3.34. The van der Waals surface area contributed by atoms with E-state index in [1.807, 2.05) is 19.1 Å². The molecular formula is C14H21N3OS. The molecule has 0 aromatic carbocycles. The van der Waals surface area contributed by atoms with Crippen molar-refractivity contribution in [2.75, 3.05) is 11.9 Å². The van der Waals surface area contributed by atoms with Crippen LogP contribution in [0.2, 0.25) is 0 Å². The molecule has 0 amide bonds. The number of anilines is 1. The second-order valence-corrected chi connectivity index (χ2v) is 6.10. The van der Waals surface area contributed by atoms with E-state index in [2.05, 4.69) is 24.1 Å². The lowest BCUT2D eigenvalue weighted by Crippen LogP contribution is -2.40. The minimum atomic E-state index is -0.0941. The highest BCUT2D eigenvalue weighted by molar-refractivity contribution is 7.80. The topological polar surface area (TPSA) is 60.2 Å². The zero-order chi connectivity index (χ0) is 14.0. The Kier molecular flexibility index (Phi) is 4.06. The molecule has 1 saturated heterocycles. The lowest BCUT2D eigenvalue weighted by atomic mass is 9.94. The summed E-state index contributed by atoms with van der Waals surface area (Å²) in [7, 11) is 0. The van der Waals surface area contributed by atoms with Gasteiger partial charge >= 0.3 is 0 Å². The SMILES string of the molecule is Cc1ccc(C(N)=S)c(NC2CCOC(C)(C)C2)n1. The van der Waals surface area contributed by atoms with E-state index >= 15 is 0 Å². The summed E-state index contributed by atoms with van der Waals surface area (Å²) in [5.41, 5.74) is 7.42. The number of hydrogen-bond acceptors (Lipinski definition) is 4. The van der Waals surface area contributed by atoms with Crippen molar-refractivity contribution in [2.45, 2.75) is 45.3 Å². The van der Waals surface area contributed by atoms with Crippen LogP contribution in [0.1, 0.15) is 37.9 Å². The van der Waals surface area contributed by atoms with Gasteiger partial charge in [-0.25, -0.2) is 4.98 Å². The quantitative estimate of drug-likeness (QED) is 0.832. The van der Waals surface area contributed by atoms with E-state index in [0.29, 0.717) is 11.0 Å². The molecule has 19 heavy (non-hydrogen) atoms. The molecule has 1 aromatic heterocycles. The number of pyridine rings is 1. The van der Waals surface area contributed by atoms with E-state index in [1.165, 1.54) is 0 Å². The highest BCUT2D eigenvalue weighted by atomic mass is 32.1. The second-order valence-electron chi connectivity index (χ2n) is 5.66. The van der Waals surface area contributed by atoms with Crippen LogP contribution in [-0.2, 0) is 4.74 Å². The monoisotopic (exact) mass is 279 g/mol. The number of thiocarbonyl (C=S) groups is 1. The molecule has 2 rings (SSSR count). The van der Waals surface area contributed by atoms with Crippen molar-refractivity contribution < 1.29 is 4.74 Å². The first-order valence-corrected chi connectivity index (χ1v) is 6.96. The van der Waals surface area contributed by atoms with Crippen LogP contribution >= 0.6 is 12.2 Å². The summed E-state index contributed by atoms with van der Waals surface area (Å²) in [5, 5.41) is 3.47. The summed E-state index contributed by atoms with van der Waals surface area (Å²) in [4.78, 5) is 4.89.